The van der Waals surface area contributed by atoms with E-state index in [1.807, 2.05) is 0 Å². The van der Waals surface area contributed by atoms with E-state index in [9.17, 15) is 19.2 Å². The Hall–Kier alpha value is -0.723. The quantitative estimate of drug-likeness (QED) is 0.113. The first-order valence-electron chi connectivity index (χ1n) is 8.93. The second kappa shape index (κ2) is 22.7. The molecule has 0 aromatic carbocycles. The number of carbonyl (C=O) groups is 2. The van der Waals surface area contributed by atoms with E-state index in [4.69, 9.17) is 15.3 Å². The number of hydrogen-bond acceptors (Lipinski definition) is 11. The Morgan fingerprint density at radius 1 is 0.971 bits per heavy atom. The third-order valence-corrected chi connectivity index (χ3v) is 2.76. The standard InChI is InChI=1S/C8H13O5.C7H14O4.C4H3N2O.HI.2W/c1-8(2,3)7(11)13-6(10)4-12-5-9;1-7(2,3)6(10)11-5(9)4-8;7-4-6-2-1-5-3-6;;;/h6,10H,4H2,1-3H3;5,8-9H,4H2,1-3H3;1-3H;1H;;/q-1;;-1;;;. The van der Waals surface area contributed by atoms with Gasteiger partial charge >= 0.3 is 11.9 Å². The fraction of sp³-hybridized carbons (Fsp3) is 0.632. The zero-order valence-corrected chi connectivity index (χ0v) is 27.8. The van der Waals surface area contributed by atoms with Crippen LogP contribution in [0.15, 0.2) is 18.7 Å². The van der Waals surface area contributed by atoms with Crippen molar-refractivity contribution in [2.24, 2.45) is 10.8 Å². The number of aliphatic hydroxyl groups is 3. The summed E-state index contributed by atoms with van der Waals surface area (Å²) >= 11 is 0. The van der Waals surface area contributed by atoms with Gasteiger partial charge < -0.3 is 48.7 Å². The van der Waals surface area contributed by atoms with E-state index in [0.29, 0.717) is 0 Å². The zero-order chi connectivity index (χ0) is 24.7. The Morgan fingerprint density at radius 3 is 1.68 bits per heavy atom. The van der Waals surface area contributed by atoms with Crippen molar-refractivity contribution < 1.29 is 90.8 Å². The predicted octanol–water partition coefficient (Wildman–Crippen LogP) is 0.276. The van der Waals surface area contributed by atoms with Crippen molar-refractivity contribution in [1.29, 1.82) is 0 Å². The van der Waals surface area contributed by atoms with Crippen LogP contribution in [0.25, 0.3) is 0 Å². The SMILES string of the molecule is CC(C)(C)C(=O)OC(O)CO.CC(C)(C)C(=O)OC(O)CO[C-]=O.I.O=[C-]n1ccnc1.[W].[W]. The summed E-state index contributed by atoms with van der Waals surface area (Å²) in [6.07, 6.45) is 3.21. The molecule has 34 heavy (non-hydrogen) atoms. The first kappa shape index (κ1) is 43.4. The van der Waals surface area contributed by atoms with Crippen LogP contribution in [0.3, 0.4) is 0 Å². The van der Waals surface area contributed by atoms with E-state index >= 15 is 0 Å². The second-order valence-corrected chi connectivity index (χ2v) is 7.86. The number of carbonyl (C=O) groups excluding carboxylic acids is 4. The molecule has 0 saturated heterocycles. The minimum absolute atomic E-state index is 0. The molecule has 0 aliphatic carbocycles. The summed E-state index contributed by atoms with van der Waals surface area (Å²) in [5.74, 6) is -1.09. The molecule has 1 aromatic heterocycles. The maximum absolute atomic E-state index is 11.1. The average molecular weight is 942 g/mol. The molecule has 1 aromatic rings. The van der Waals surface area contributed by atoms with Gasteiger partial charge in [-0.2, -0.15) is 0 Å². The average Bonchev–Trinajstić information content (AvgIpc) is 3.19. The van der Waals surface area contributed by atoms with E-state index < -0.39 is 48.6 Å². The molecule has 0 fully saturated rings. The minimum Gasteiger partial charge on any atom is -0.649 e. The molecule has 2 atom stereocenters. The van der Waals surface area contributed by atoms with E-state index in [1.54, 1.807) is 48.0 Å². The monoisotopic (exact) mass is 942 g/mol. The van der Waals surface area contributed by atoms with Crippen LogP contribution in [0, 0.1) is 10.8 Å². The zero-order valence-electron chi connectivity index (χ0n) is 19.6. The number of halogens is 1. The second-order valence-electron chi connectivity index (χ2n) is 7.86. The maximum atomic E-state index is 11.1. The summed E-state index contributed by atoms with van der Waals surface area (Å²) < 4.78 is 14.2. The molecule has 0 radical (unpaired) electrons. The number of ether oxygens (including phenoxy) is 3. The Bertz CT molecular complexity index is 665. The van der Waals surface area contributed by atoms with Crippen LogP contribution in [0.5, 0.6) is 0 Å². The van der Waals surface area contributed by atoms with Gasteiger partial charge in [0, 0.05) is 42.1 Å². The fourth-order valence-electron chi connectivity index (χ4n) is 1.09. The molecule has 0 saturated carbocycles. The number of esters is 2. The van der Waals surface area contributed by atoms with Crippen LogP contribution >= 0.6 is 24.0 Å². The van der Waals surface area contributed by atoms with Crippen LogP contribution < -0.4 is 0 Å². The van der Waals surface area contributed by atoms with Crippen LogP contribution in [0.4, 0.5) is 0 Å². The molecule has 1 heterocycles. The largest absolute Gasteiger partial charge is 0.649 e. The molecule has 0 spiro atoms. The molecule has 0 aliphatic heterocycles. The summed E-state index contributed by atoms with van der Waals surface area (Å²) in [6, 6.07) is 0. The minimum atomic E-state index is -1.42. The number of hydrogen-bond donors (Lipinski definition) is 3. The predicted molar refractivity (Wildman–Crippen MR) is 121 cm³/mol. The normalized spacial score (nSPS) is 11.4. The van der Waals surface area contributed by atoms with Crippen molar-refractivity contribution in [2.45, 2.75) is 54.1 Å². The van der Waals surface area contributed by atoms with Gasteiger partial charge in [0.15, 0.2) is 0 Å². The van der Waals surface area contributed by atoms with E-state index in [0.717, 1.165) is 6.47 Å². The van der Waals surface area contributed by atoms with Crippen LogP contribution in [-0.4, -0.2) is 75.5 Å². The van der Waals surface area contributed by atoms with Crippen molar-refractivity contribution in [3.63, 3.8) is 0 Å². The van der Waals surface area contributed by atoms with E-state index in [2.05, 4.69) is 19.2 Å². The van der Waals surface area contributed by atoms with E-state index in [-0.39, 0.29) is 66.1 Å². The Kier molecular flexibility index (Phi) is 29.0. The van der Waals surface area contributed by atoms with Gasteiger partial charge in [-0.15, -0.1) is 24.0 Å². The summed E-state index contributed by atoms with van der Waals surface area (Å²) in [6.45, 7) is 10.1. The van der Waals surface area contributed by atoms with Crippen molar-refractivity contribution >= 4 is 48.8 Å². The molecule has 0 amide bonds. The molecule has 0 aliphatic rings. The first-order chi connectivity index (χ1) is 14.2. The molecule has 15 heteroatoms. The van der Waals surface area contributed by atoms with Crippen molar-refractivity contribution in [2.75, 3.05) is 13.2 Å². The molecule has 198 valence electrons. The smallest absolute Gasteiger partial charge is 0.313 e. The summed E-state index contributed by atoms with van der Waals surface area (Å²) in [4.78, 5) is 44.9. The summed E-state index contributed by atoms with van der Waals surface area (Å²) in [5, 5.41) is 26.0. The number of imidazole rings is 1. The van der Waals surface area contributed by atoms with Gasteiger partial charge in [-0.25, -0.2) is 0 Å². The summed E-state index contributed by atoms with van der Waals surface area (Å²) in [7, 11) is 0. The number of aromatic nitrogens is 2. The molecule has 0 bridgehead atoms. The molecule has 1 rings (SSSR count). The van der Waals surface area contributed by atoms with E-state index in [1.165, 1.54) is 23.3 Å². The molecule has 3 N–H and O–H groups in total. The van der Waals surface area contributed by atoms with Gasteiger partial charge in [-0.05, 0) is 54.1 Å². The van der Waals surface area contributed by atoms with Crippen molar-refractivity contribution in [1.82, 2.24) is 9.55 Å². The third kappa shape index (κ3) is 24.4. The Balaban J connectivity index is -0.000000122. The van der Waals surface area contributed by atoms with Crippen LogP contribution in [-0.2, 0) is 75.5 Å². The Labute approximate surface area is 244 Å². The third-order valence-electron chi connectivity index (χ3n) is 2.76. The Morgan fingerprint density at radius 2 is 1.41 bits per heavy atom. The molecule has 12 nitrogen and oxygen atoms in total. The molecular formula is C19H31IN2O10W2-2. The van der Waals surface area contributed by atoms with Gasteiger partial charge in [-0.3, -0.25) is 9.59 Å². The van der Waals surface area contributed by atoms with Gasteiger partial charge in [0.1, 0.15) is 19.6 Å². The van der Waals surface area contributed by atoms with Gasteiger partial charge in [0.05, 0.1) is 10.8 Å². The van der Waals surface area contributed by atoms with Crippen LogP contribution in [0.2, 0.25) is 0 Å². The fourth-order valence-corrected chi connectivity index (χ4v) is 1.09. The number of nitrogens with zero attached hydrogens (tertiary/aromatic N) is 2. The topological polar surface area (TPSA) is 174 Å². The first-order valence-corrected chi connectivity index (χ1v) is 8.93. The van der Waals surface area contributed by atoms with Gasteiger partial charge in [-0.1, -0.05) is 12.7 Å². The molecule has 2 unspecified atom stereocenters. The maximum Gasteiger partial charge on any atom is 0.313 e. The summed E-state index contributed by atoms with van der Waals surface area (Å²) in [5.41, 5.74) is -1.33. The van der Waals surface area contributed by atoms with Gasteiger partial charge in [0.2, 0.25) is 12.6 Å². The van der Waals surface area contributed by atoms with Crippen molar-refractivity contribution in [3.05, 3.63) is 18.7 Å². The number of rotatable bonds is 7. The molecular weight excluding hydrogens is 911 g/mol. The van der Waals surface area contributed by atoms with Gasteiger partial charge in [0.25, 0.3) is 0 Å². The number of aliphatic hydroxyl groups excluding tert-OH is 3. The van der Waals surface area contributed by atoms with Crippen molar-refractivity contribution in [3.8, 4) is 0 Å². The van der Waals surface area contributed by atoms with Crippen LogP contribution in [0.1, 0.15) is 41.5 Å².